The number of benzene rings is 2. The molecular weight excluding hydrogens is 350 g/mol. The summed E-state index contributed by atoms with van der Waals surface area (Å²) >= 11 is 0. The van der Waals surface area contributed by atoms with E-state index in [0.717, 1.165) is 11.3 Å². The maximum Gasteiger partial charge on any atom is 0.185 e. The number of rotatable bonds is 6. The van der Waals surface area contributed by atoms with Crippen LogP contribution in [-0.4, -0.2) is 24.0 Å². The second kappa shape index (κ2) is 8.51. The van der Waals surface area contributed by atoms with Crippen LogP contribution < -0.4 is 14.8 Å². The molecule has 0 atom stereocenters. The molecule has 0 aliphatic carbocycles. The highest BCUT2D eigenvalue weighted by atomic mass is 16.5. The molecule has 0 spiro atoms. The number of carbonyl (C=O) groups excluding carboxylic acids is 1. The van der Waals surface area contributed by atoms with Gasteiger partial charge in [0.1, 0.15) is 22.7 Å². The lowest BCUT2D eigenvalue weighted by molar-refractivity contribution is 0.104. The summed E-state index contributed by atoms with van der Waals surface area (Å²) in [4.78, 5) is 12.6. The number of hydrogen-bond donors (Lipinski definition) is 1. The predicted octanol–water partition coefficient (Wildman–Crippen LogP) is 5.98. The fraction of sp³-hybridized carbons (Fsp3) is 0.375. The summed E-state index contributed by atoms with van der Waals surface area (Å²) in [5.41, 5.74) is 1.62. The summed E-state index contributed by atoms with van der Waals surface area (Å²) in [5, 5.41) is 3.05. The third-order valence-corrected chi connectivity index (χ3v) is 3.72. The normalized spacial score (nSPS) is 12.1. The first-order valence-corrected chi connectivity index (χ1v) is 9.50. The van der Waals surface area contributed by atoms with Gasteiger partial charge in [0.25, 0.3) is 0 Å². The van der Waals surface area contributed by atoms with Crippen LogP contribution in [0.2, 0.25) is 0 Å². The van der Waals surface area contributed by atoms with Crippen molar-refractivity contribution in [3.05, 3.63) is 59.7 Å². The van der Waals surface area contributed by atoms with E-state index in [0.29, 0.717) is 17.1 Å². The molecule has 0 fully saturated rings. The average molecular weight is 382 g/mol. The van der Waals surface area contributed by atoms with Gasteiger partial charge < -0.3 is 14.8 Å². The fourth-order valence-corrected chi connectivity index (χ4v) is 2.58. The third kappa shape index (κ3) is 6.45. The Hall–Kier alpha value is -2.75. The van der Waals surface area contributed by atoms with E-state index in [9.17, 15) is 4.79 Å². The summed E-state index contributed by atoms with van der Waals surface area (Å²) in [6.07, 6.45) is 3.34. The molecule has 0 radical (unpaired) electrons. The highest BCUT2D eigenvalue weighted by molar-refractivity contribution is 6.07. The minimum absolute atomic E-state index is 0.0741. The van der Waals surface area contributed by atoms with Crippen LogP contribution in [0.3, 0.4) is 0 Å². The Morgan fingerprint density at radius 1 is 0.857 bits per heavy atom. The maximum absolute atomic E-state index is 12.6. The molecule has 4 nitrogen and oxygen atoms in total. The van der Waals surface area contributed by atoms with Crippen LogP contribution in [0.4, 0.5) is 5.69 Å². The molecule has 0 amide bonds. The van der Waals surface area contributed by atoms with E-state index in [4.69, 9.17) is 9.47 Å². The highest BCUT2D eigenvalue weighted by Gasteiger charge is 2.19. The van der Waals surface area contributed by atoms with Crippen molar-refractivity contribution in [1.82, 2.24) is 0 Å². The number of anilines is 1. The summed E-state index contributed by atoms with van der Waals surface area (Å²) in [6, 6.07) is 13.1. The molecular formula is C24H31NO3. The molecule has 4 heteroatoms. The van der Waals surface area contributed by atoms with Crippen LogP contribution in [0.5, 0.6) is 11.5 Å². The van der Waals surface area contributed by atoms with Crippen molar-refractivity contribution in [2.24, 2.45) is 0 Å². The maximum atomic E-state index is 12.6. The average Bonchev–Trinajstić information content (AvgIpc) is 2.58. The van der Waals surface area contributed by atoms with Gasteiger partial charge in [0.2, 0.25) is 0 Å². The molecule has 0 aliphatic heterocycles. The van der Waals surface area contributed by atoms with E-state index >= 15 is 0 Å². The minimum Gasteiger partial charge on any atom is -0.487 e. The van der Waals surface area contributed by atoms with Gasteiger partial charge in [-0.1, -0.05) is 6.07 Å². The quantitative estimate of drug-likeness (QED) is 0.494. The van der Waals surface area contributed by atoms with Gasteiger partial charge in [-0.3, -0.25) is 4.79 Å². The first-order valence-electron chi connectivity index (χ1n) is 9.50. The number of carbonyl (C=O) groups is 1. The third-order valence-electron chi connectivity index (χ3n) is 3.72. The van der Waals surface area contributed by atoms with Gasteiger partial charge in [0.15, 0.2) is 5.78 Å². The van der Waals surface area contributed by atoms with E-state index < -0.39 is 0 Å². The minimum atomic E-state index is -0.365. The summed E-state index contributed by atoms with van der Waals surface area (Å²) in [5.74, 6) is 1.29. The lowest BCUT2D eigenvalue weighted by Crippen LogP contribution is -2.25. The van der Waals surface area contributed by atoms with Gasteiger partial charge in [-0.05, 0) is 90.1 Å². The van der Waals surface area contributed by atoms with E-state index in [1.54, 1.807) is 12.2 Å². The highest BCUT2D eigenvalue weighted by Crippen LogP contribution is 2.34. The first kappa shape index (κ1) is 21.5. The molecule has 2 aromatic rings. The Morgan fingerprint density at radius 3 is 1.79 bits per heavy atom. The number of ether oxygens (including phenoxy) is 2. The van der Waals surface area contributed by atoms with Gasteiger partial charge >= 0.3 is 0 Å². The lowest BCUT2D eigenvalue weighted by atomic mass is 10.1. The smallest absolute Gasteiger partial charge is 0.185 e. The molecule has 1 N–H and O–H groups in total. The molecule has 0 saturated heterocycles. The number of allylic oxidation sites excluding steroid dienone is 1. The van der Waals surface area contributed by atoms with E-state index in [1.807, 2.05) is 91.1 Å². The Bertz CT molecular complexity index is 803. The second-order valence-electron chi connectivity index (χ2n) is 8.62. The summed E-state index contributed by atoms with van der Waals surface area (Å²) in [7, 11) is 1.85. The van der Waals surface area contributed by atoms with Crippen molar-refractivity contribution in [3.63, 3.8) is 0 Å². The lowest BCUT2D eigenvalue weighted by Gasteiger charge is -2.26. The second-order valence-corrected chi connectivity index (χ2v) is 8.62. The van der Waals surface area contributed by atoms with Gasteiger partial charge in [0, 0.05) is 18.3 Å². The van der Waals surface area contributed by atoms with Crippen molar-refractivity contribution in [3.8, 4) is 11.5 Å². The van der Waals surface area contributed by atoms with Crippen molar-refractivity contribution in [2.45, 2.75) is 52.7 Å². The Kier molecular flexibility index (Phi) is 6.55. The van der Waals surface area contributed by atoms with Crippen LogP contribution >= 0.6 is 0 Å². The zero-order chi connectivity index (χ0) is 20.9. The number of ketones is 1. The molecule has 0 heterocycles. The van der Waals surface area contributed by atoms with Crippen molar-refractivity contribution in [1.29, 1.82) is 0 Å². The fourth-order valence-electron chi connectivity index (χ4n) is 2.58. The standard InChI is InChI=1S/C24H31NO3/c1-23(2,3)27-21-9-8-10-22(28-24(4,5)6)19(21)15-16-20(26)17-11-13-18(25-7)14-12-17/h8-16,25H,1-7H3/b16-15+. The zero-order valence-electron chi connectivity index (χ0n) is 17.9. The first-order chi connectivity index (χ1) is 13.0. The van der Waals surface area contributed by atoms with Crippen LogP contribution in [-0.2, 0) is 0 Å². The molecule has 0 aliphatic rings. The molecule has 2 aromatic carbocycles. The molecule has 0 unspecified atom stereocenters. The monoisotopic (exact) mass is 381 g/mol. The molecule has 0 aromatic heterocycles. The van der Waals surface area contributed by atoms with Crippen molar-refractivity contribution < 1.29 is 14.3 Å². The van der Waals surface area contributed by atoms with Crippen molar-refractivity contribution in [2.75, 3.05) is 12.4 Å². The Labute approximate surface area is 168 Å². The summed E-state index contributed by atoms with van der Waals surface area (Å²) < 4.78 is 12.2. The van der Waals surface area contributed by atoms with Gasteiger partial charge in [-0.2, -0.15) is 0 Å². The van der Waals surface area contributed by atoms with Crippen molar-refractivity contribution >= 4 is 17.5 Å². The van der Waals surface area contributed by atoms with E-state index in [1.165, 1.54) is 0 Å². The van der Waals surface area contributed by atoms with Gasteiger partial charge in [0.05, 0.1) is 5.56 Å². The van der Waals surface area contributed by atoms with Crippen LogP contribution in [0, 0.1) is 0 Å². The Balaban J connectivity index is 2.39. The number of hydrogen-bond acceptors (Lipinski definition) is 4. The largest absolute Gasteiger partial charge is 0.487 e. The molecule has 28 heavy (non-hydrogen) atoms. The summed E-state index contributed by atoms with van der Waals surface area (Å²) in [6.45, 7) is 12.0. The molecule has 2 rings (SSSR count). The van der Waals surface area contributed by atoms with Crippen LogP contribution in [0.15, 0.2) is 48.5 Å². The van der Waals surface area contributed by atoms with E-state index in [2.05, 4.69) is 5.32 Å². The topological polar surface area (TPSA) is 47.6 Å². The molecule has 0 bridgehead atoms. The van der Waals surface area contributed by atoms with Crippen LogP contribution in [0.1, 0.15) is 57.5 Å². The predicted molar refractivity (Wildman–Crippen MR) is 117 cm³/mol. The Morgan fingerprint density at radius 2 is 1.36 bits per heavy atom. The van der Waals surface area contributed by atoms with Crippen LogP contribution in [0.25, 0.3) is 6.08 Å². The SMILES string of the molecule is CNc1ccc(C(=O)/C=C/c2c(OC(C)(C)C)cccc2OC(C)(C)C)cc1. The van der Waals surface area contributed by atoms with E-state index in [-0.39, 0.29) is 17.0 Å². The zero-order valence-corrected chi connectivity index (χ0v) is 17.9. The molecule has 150 valence electrons. The van der Waals surface area contributed by atoms with Gasteiger partial charge in [-0.15, -0.1) is 0 Å². The number of nitrogens with one attached hydrogen (secondary N) is 1. The van der Waals surface area contributed by atoms with Gasteiger partial charge in [-0.25, -0.2) is 0 Å². The molecule has 0 saturated carbocycles.